The first-order valence-corrected chi connectivity index (χ1v) is 11.0. The molecule has 1 aromatic carbocycles. The molecule has 3 N–H and O–H groups in total. The number of carbonyl (C=O) groups is 2. The van der Waals surface area contributed by atoms with E-state index in [0.29, 0.717) is 29.7 Å². The zero-order valence-electron chi connectivity index (χ0n) is 18.0. The van der Waals surface area contributed by atoms with Crippen LogP contribution in [0.25, 0.3) is 0 Å². The third-order valence-electron chi connectivity index (χ3n) is 6.28. The van der Waals surface area contributed by atoms with Crippen molar-refractivity contribution in [1.29, 1.82) is 0 Å². The Labute approximate surface area is 182 Å². The summed E-state index contributed by atoms with van der Waals surface area (Å²) in [7, 11) is 0. The van der Waals surface area contributed by atoms with Crippen LogP contribution in [0.2, 0.25) is 0 Å². The van der Waals surface area contributed by atoms with Crippen molar-refractivity contribution in [3.05, 3.63) is 42.2 Å². The number of primary amides is 1. The summed E-state index contributed by atoms with van der Waals surface area (Å²) in [6, 6.07) is 7.24. The van der Waals surface area contributed by atoms with Crippen molar-refractivity contribution < 1.29 is 9.59 Å². The fraction of sp³-hybridized carbons (Fsp3) is 0.478. The lowest BCUT2D eigenvalue weighted by atomic mass is 9.96. The third kappa shape index (κ3) is 4.95. The lowest BCUT2D eigenvalue weighted by Crippen LogP contribution is -2.41. The minimum Gasteiger partial charge on any atom is -0.371 e. The smallest absolute Gasteiger partial charge is 0.250 e. The van der Waals surface area contributed by atoms with E-state index in [4.69, 9.17) is 5.73 Å². The predicted molar refractivity (Wildman–Crippen MR) is 121 cm³/mol. The number of nitrogens with zero attached hydrogens (tertiary/aromatic N) is 4. The molecule has 8 nitrogen and oxygen atoms in total. The Kier molecular flexibility index (Phi) is 6.34. The molecule has 0 radical (unpaired) electrons. The minimum absolute atomic E-state index is 0.0596. The zero-order chi connectivity index (χ0) is 21.8. The van der Waals surface area contributed by atoms with E-state index in [1.54, 1.807) is 24.5 Å². The van der Waals surface area contributed by atoms with Crippen LogP contribution in [0.4, 0.5) is 17.3 Å². The van der Waals surface area contributed by atoms with Gasteiger partial charge in [-0.3, -0.25) is 9.59 Å². The normalized spacial score (nSPS) is 19.8. The SMILES string of the molecule is CC1CCN(c2ccc(NC(=O)[C@@H]3CCCN(c4ncccn4)C3)cc2C(N)=O)CC1. The van der Waals surface area contributed by atoms with Gasteiger partial charge in [-0.2, -0.15) is 0 Å². The van der Waals surface area contributed by atoms with Gasteiger partial charge in [0.2, 0.25) is 11.9 Å². The summed E-state index contributed by atoms with van der Waals surface area (Å²) in [6.45, 7) is 5.48. The maximum Gasteiger partial charge on any atom is 0.250 e. The van der Waals surface area contributed by atoms with Crippen molar-refractivity contribution in [2.75, 3.05) is 41.3 Å². The van der Waals surface area contributed by atoms with Crippen LogP contribution in [0.1, 0.15) is 43.0 Å². The van der Waals surface area contributed by atoms with E-state index >= 15 is 0 Å². The molecule has 2 amide bonds. The largest absolute Gasteiger partial charge is 0.371 e. The number of piperidine rings is 2. The van der Waals surface area contributed by atoms with E-state index in [1.807, 2.05) is 17.0 Å². The number of nitrogens with one attached hydrogen (secondary N) is 1. The molecule has 2 fully saturated rings. The molecule has 2 aromatic rings. The molecule has 2 aliphatic rings. The Hall–Kier alpha value is -3.16. The van der Waals surface area contributed by atoms with Crippen molar-refractivity contribution in [1.82, 2.24) is 9.97 Å². The molecule has 0 aliphatic carbocycles. The van der Waals surface area contributed by atoms with Gasteiger partial charge in [-0.05, 0) is 55.9 Å². The predicted octanol–water partition coefficient (Wildman–Crippen LogP) is 2.67. The minimum atomic E-state index is -0.477. The third-order valence-corrected chi connectivity index (χ3v) is 6.28. The highest BCUT2D eigenvalue weighted by Crippen LogP contribution is 2.29. The van der Waals surface area contributed by atoms with E-state index in [9.17, 15) is 9.59 Å². The molecular weight excluding hydrogens is 392 g/mol. The van der Waals surface area contributed by atoms with Crippen LogP contribution in [0.15, 0.2) is 36.7 Å². The summed E-state index contributed by atoms with van der Waals surface area (Å²) >= 11 is 0. The zero-order valence-corrected chi connectivity index (χ0v) is 18.0. The number of anilines is 3. The lowest BCUT2D eigenvalue weighted by Gasteiger charge is -2.33. The van der Waals surface area contributed by atoms with Gasteiger partial charge in [-0.25, -0.2) is 9.97 Å². The van der Waals surface area contributed by atoms with Crippen LogP contribution in [-0.4, -0.2) is 48.0 Å². The first kappa shape index (κ1) is 21.1. The number of rotatable bonds is 5. The monoisotopic (exact) mass is 422 g/mol. The Morgan fingerprint density at radius 3 is 2.52 bits per heavy atom. The summed E-state index contributed by atoms with van der Waals surface area (Å²) in [5.41, 5.74) is 7.58. The van der Waals surface area contributed by atoms with Gasteiger partial charge in [0.1, 0.15) is 0 Å². The van der Waals surface area contributed by atoms with Gasteiger partial charge >= 0.3 is 0 Å². The Balaban J connectivity index is 1.45. The molecule has 0 saturated carbocycles. The summed E-state index contributed by atoms with van der Waals surface area (Å²) in [5.74, 6) is 0.641. The molecule has 2 aliphatic heterocycles. The van der Waals surface area contributed by atoms with Gasteiger partial charge in [-0.1, -0.05) is 6.92 Å². The van der Waals surface area contributed by atoms with Crippen LogP contribution in [0.5, 0.6) is 0 Å². The number of hydrogen-bond acceptors (Lipinski definition) is 6. The number of hydrogen-bond donors (Lipinski definition) is 2. The van der Waals surface area contributed by atoms with Gasteiger partial charge in [0, 0.05) is 49.9 Å². The van der Waals surface area contributed by atoms with E-state index in [-0.39, 0.29) is 11.8 Å². The number of benzene rings is 1. The summed E-state index contributed by atoms with van der Waals surface area (Å²) < 4.78 is 0. The highest BCUT2D eigenvalue weighted by atomic mass is 16.2. The highest BCUT2D eigenvalue weighted by molar-refractivity contribution is 6.01. The number of aromatic nitrogens is 2. The summed E-state index contributed by atoms with van der Waals surface area (Å²) in [6.07, 6.45) is 7.32. The molecule has 4 rings (SSSR count). The van der Waals surface area contributed by atoms with Gasteiger partial charge in [0.25, 0.3) is 5.91 Å². The van der Waals surface area contributed by atoms with E-state index in [0.717, 1.165) is 51.0 Å². The average Bonchev–Trinajstić information content (AvgIpc) is 2.80. The molecule has 164 valence electrons. The number of nitrogens with two attached hydrogens (primary N) is 1. The van der Waals surface area contributed by atoms with Gasteiger partial charge in [0.15, 0.2) is 0 Å². The molecule has 31 heavy (non-hydrogen) atoms. The fourth-order valence-corrected chi connectivity index (χ4v) is 4.41. The second-order valence-corrected chi connectivity index (χ2v) is 8.59. The van der Waals surface area contributed by atoms with E-state index < -0.39 is 5.91 Å². The van der Waals surface area contributed by atoms with Crippen molar-refractivity contribution in [3.8, 4) is 0 Å². The van der Waals surface area contributed by atoms with Crippen LogP contribution in [-0.2, 0) is 4.79 Å². The molecule has 1 atom stereocenters. The molecule has 0 unspecified atom stereocenters. The molecule has 2 saturated heterocycles. The second-order valence-electron chi connectivity index (χ2n) is 8.59. The summed E-state index contributed by atoms with van der Waals surface area (Å²) in [5, 5.41) is 2.98. The first-order chi connectivity index (χ1) is 15.0. The van der Waals surface area contributed by atoms with Crippen molar-refractivity contribution in [2.45, 2.75) is 32.6 Å². The van der Waals surface area contributed by atoms with Crippen molar-refractivity contribution in [2.24, 2.45) is 17.6 Å². The van der Waals surface area contributed by atoms with Crippen LogP contribution in [0.3, 0.4) is 0 Å². The first-order valence-electron chi connectivity index (χ1n) is 11.0. The maximum atomic E-state index is 12.9. The molecule has 8 heteroatoms. The maximum absolute atomic E-state index is 12.9. The molecule has 0 bridgehead atoms. The van der Waals surface area contributed by atoms with Crippen molar-refractivity contribution >= 4 is 29.1 Å². The Bertz CT molecular complexity index is 927. The quantitative estimate of drug-likeness (QED) is 0.768. The topological polar surface area (TPSA) is 104 Å². The highest BCUT2D eigenvalue weighted by Gasteiger charge is 2.27. The van der Waals surface area contributed by atoms with Crippen LogP contribution in [0, 0.1) is 11.8 Å². The molecular formula is C23H30N6O2. The molecule has 1 aromatic heterocycles. The van der Waals surface area contributed by atoms with Gasteiger partial charge in [-0.15, -0.1) is 0 Å². The van der Waals surface area contributed by atoms with Crippen molar-refractivity contribution in [3.63, 3.8) is 0 Å². The van der Waals surface area contributed by atoms with Gasteiger partial charge < -0.3 is 20.9 Å². The molecule has 3 heterocycles. The Morgan fingerprint density at radius 2 is 1.81 bits per heavy atom. The van der Waals surface area contributed by atoms with Gasteiger partial charge in [0.05, 0.1) is 11.5 Å². The van der Waals surface area contributed by atoms with E-state index in [2.05, 4.69) is 27.1 Å². The fourth-order valence-electron chi connectivity index (χ4n) is 4.41. The second kappa shape index (κ2) is 9.32. The lowest BCUT2D eigenvalue weighted by molar-refractivity contribution is -0.120. The van der Waals surface area contributed by atoms with E-state index in [1.165, 1.54) is 0 Å². The molecule has 0 spiro atoms. The van der Waals surface area contributed by atoms with Crippen LogP contribution < -0.4 is 20.9 Å². The average molecular weight is 423 g/mol. The Morgan fingerprint density at radius 1 is 1.06 bits per heavy atom. The number of carbonyl (C=O) groups excluding carboxylic acids is 2. The standard InChI is InChI=1S/C23H30N6O2/c1-16-7-12-28(13-8-16)20-6-5-18(14-19(20)21(24)30)27-22(31)17-4-2-11-29(15-17)23-25-9-3-10-26-23/h3,5-6,9-10,14,16-17H,2,4,7-8,11-13,15H2,1H3,(H2,24,30)(H,27,31)/t17-/m1/s1. The number of amides is 2. The summed E-state index contributed by atoms with van der Waals surface area (Å²) in [4.78, 5) is 37.9. The van der Waals surface area contributed by atoms with Crippen LogP contribution >= 0.6 is 0 Å².